The average molecular weight is 981 g/mol. The maximum Gasteiger partial charge on any atom is 1.00 e. The topological polar surface area (TPSA) is 82.5 Å². The fourth-order valence-corrected chi connectivity index (χ4v) is 7.93. The molecule has 7 nitrogen and oxygen atoms in total. The fraction of sp³-hybridized carbons (Fsp3) is 0.490. The smallest absolute Gasteiger partial charge is 1.00 e. The molecule has 2 heterocycles. The maximum absolute atomic E-state index is 12.7. The zero-order valence-electron chi connectivity index (χ0n) is 37.7. The number of aliphatic hydroxyl groups is 2. The molecule has 4 aromatic rings. The van der Waals surface area contributed by atoms with Gasteiger partial charge in [0.05, 0.1) is 30.4 Å². The van der Waals surface area contributed by atoms with Gasteiger partial charge in [-0.2, -0.15) is 26.3 Å². The molecular weight excluding hydrogens is 915 g/mol. The maximum atomic E-state index is 12.7. The molecule has 0 amide bonds. The van der Waals surface area contributed by atoms with Crippen LogP contribution in [-0.2, 0) is 12.4 Å². The van der Waals surface area contributed by atoms with Gasteiger partial charge in [0.2, 0.25) is 0 Å². The summed E-state index contributed by atoms with van der Waals surface area (Å²) in [5.41, 5.74) is 0.155. The SMILES string of the molecule is C.C.CC(CN1CCCC(COc2ccc(C(F)(F)F)cc2)C1)C(=O)c1ccc(Cl)cc1.CC(CN1CCCC(COc2ccc(C(F)(F)F)cc2)C1)C(O)c1ccc(Cl)cc1.CO.[B].[H-].[Na+]. The number of ether oxygens (including phenoxy) is 2. The summed E-state index contributed by atoms with van der Waals surface area (Å²) in [6.07, 6.45) is -5.19. The number of carbonyl (C=O) groups is 1. The van der Waals surface area contributed by atoms with Crippen molar-refractivity contribution in [3.8, 4) is 11.5 Å². The quantitative estimate of drug-likeness (QED) is 0.0741. The zero-order valence-corrected chi connectivity index (χ0v) is 40.2. The number of rotatable bonds is 14. The van der Waals surface area contributed by atoms with Crippen LogP contribution in [0.2, 0.25) is 10.0 Å². The van der Waals surface area contributed by atoms with Gasteiger partial charge in [-0.15, -0.1) is 0 Å². The Labute approximate surface area is 423 Å². The van der Waals surface area contributed by atoms with Gasteiger partial charge in [0.15, 0.2) is 5.78 Å². The van der Waals surface area contributed by atoms with Crippen LogP contribution >= 0.6 is 23.2 Å². The molecule has 3 radical (unpaired) electrons. The van der Waals surface area contributed by atoms with Crippen molar-refractivity contribution in [3.05, 3.63) is 129 Å². The minimum Gasteiger partial charge on any atom is -1.00 e. The fourth-order valence-electron chi connectivity index (χ4n) is 7.68. The molecule has 2 fully saturated rings. The third-order valence-corrected chi connectivity index (χ3v) is 11.4. The van der Waals surface area contributed by atoms with Crippen LogP contribution in [-0.4, -0.2) is 93.8 Å². The van der Waals surface area contributed by atoms with E-state index in [2.05, 4.69) is 9.80 Å². The summed E-state index contributed by atoms with van der Waals surface area (Å²) in [4.78, 5) is 17.2. The van der Waals surface area contributed by atoms with E-state index in [1.165, 1.54) is 24.3 Å². The van der Waals surface area contributed by atoms with E-state index in [0.717, 1.165) is 95.3 Å². The van der Waals surface area contributed by atoms with Crippen molar-refractivity contribution in [1.29, 1.82) is 0 Å². The Morgan fingerprint density at radius 3 is 1.45 bits per heavy atom. The molecule has 0 saturated carbocycles. The Morgan fingerprint density at radius 1 is 0.682 bits per heavy atom. The van der Waals surface area contributed by atoms with E-state index in [1.54, 1.807) is 36.4 Å². The van der Waals surface area contributed by atoms with Crippen LogP contribution < -0.4 is 39.0 Å². The van der Waals surface area contributed by atoms with Crippen molar-refractivity contribution >= 4 is 37.4 Å². The van der Waals surface area contributed by atoms with Crippen LogP contribution in [0.5, 0.6) is 11.5 Å². The van der Waals surface area contributed by atoms with Crippen molar-refractivity contribution in [2.45, 2.75) is 72.8 Å². The van der Waals surface area contributed by atoms with E-state index < -0.39 is 29.6 Å². The Hall–Kier alpha value is -2.79. The first-order valence-corrected chi connectivity index (χ1v) is 21.4. The number of carbonyl (C=O) groups excluding carboxylic acids is 1. The molecule has 4 aromatic carbocycles. The molecule has 2 N–H and O–H groups in total. The van der Waals surface area contributed by atoms with E-state index in [9.17, 15) is 36.2 Å². The first-order valence-electron chi connectivity index (χ1n) is 20.7. The van der Waals surface area contributed by atoms with Gasteiger partial charge < -0.3 is 30.9 Å². The normalized spacial score (nSPS) is 17.7. The van der Waals surface area contributed by atoms with Crippen molar-refractivity contribution < 1.29 is 81.8 Å². The monoisotopic (exact) mass is 979 g/mol. The largest absolute Gasteiger partial charge is 1.00 e. The number of piperidine rings is 2. The molecule has 0 spiro atoms. The summed E-state index contributed by atoms with van der Waals surface area (Å²) in [6, 6.07) is 23.8. The second kappa shape index (κ2) is 30.6. The number of alkyl halides is 6. The number of halogens is 8. The van der Waals surface area contributed by atoms with Gasteiger partial charge in [0.25, 0.3) is 0 Å². The van der Waals surface area contributed by atoms with Gasteiger partial charge in [-0.05, 0) is 135 Å². The average Bonchev–Trinajstić information content (AvgIpc) is 3.26. The summed E-state index contributed by atoms with van der Waals surface area (Å²) < 4.78 is 87.4. The second-order valence-corrected chi connectivity index (χ2v) is 16.8. The van der Waals surface area contributed by atoms with Crippen LogP contribution in [0.15, 0.2) is 97.1 Å². The van der Waals surface area contributed by atoms with Gasteiger partial charge in [-0.1, -0.05) is 64.0 Å². The summed E-state index contributed by atoms with van der Waals surface area (Å²) >= 11 is 11.8. The predicted octanol–water partition coefficient (Wildman–Crippen LogP) is 9.40. The van der Waals surface area contributed by atoms with Crippen molar-refractivity contribution in [3.63, 3.8) is 0 Å². The molecule has 5 unspecified atom stereocenters. The molecular formula is C49H65BCl2F6N2NaO5. The first kappa shape index (κ1) is 63.2. The van der Waals surface area contributed by atoms with Crippen LogP contribution in [0, 0.1) is 23.7 Å². The predicted molar refractivity (Wildman–Crippen MR) is 251 cm³/mol. The molecule has 2 aliphatic heterocycles. The summed E-state index contributed by atoms with van der Waals surface area (Å²) in [6.45, 7) is 9.84. The first-order chi connectivity index (χ1) is 29.4. The number of hydrogen-bond acceptors (Lipinski definition) is 7. The summed E-state index contributed by atoms with van der Waals surface area (Å²) in [7, 11) is 1.00. The molecule has 0 aromatic heterocycles. The third-order valence-electron chi connectivity index (χ3n) is 10.9. The Morgan fingerprint density at radius 2 is 1.06 bits per heavy atom. The molecule has 2 saturated heterocycles. The minimum atomic E-state index is -4.34. The number of aliphatic hydroxyl groups excluding tert-OH is 2. The summed E-state index contributed by atoms with van der Waals surface area (Å²) in [5.74, 6) is 1.48. The van der Waals surface area contributed by atoms with Gasteiger partial charge in [-0.3, -0.25) is 4.79 Å². The number of Topliss-reactive ketones (excluding diaryl/α,β-unsaturated/α-hetero) is 1. The number of benzene rings is 4. The Kier molecular flexibility index (Phi) is 29.4. The van der Waals surface area contributed by atoms with Crippen LogP contribution in [0.25, 0.3) is 0 Å². The van der Waals surface area contributed by atoms with Gasteiger partial charge in [0, 0.05) is 75.1 Å². The van der Waals surface area contributed by atoms with Crippen LogP contribution in [0.4, 0.5) is 26.3 Å². The molecule has 0 bridgehead atoms. The van der Waals surface area contributed by atoms with Gasteiger partial charge >= 0.3 is 41.9 Å². The Bertz CT molecular complexity index is 1940. The Balaban J connectivity index is 0. The van der Waals surface area contributed by atoms with E-state index in [4.69, 9.17) is 37.8 Å². The third kappa shape index (κ3) is 20.8. The zero-order chi connectivity index (χ0) is 45.5. The standard InChI is InChI=1S/C23H27ClF3NO2.C23H25ClF3NO2.CH4O.2CH4.B.Na.H/c2*1-16(22(29)18-4-8-20(24)9-5-18)13-28-12-2-3-17(14-28)15-30-21-10-6-19(7-11-21)23(25,26)27;1-2;;;;;/h4-11,16-17,22,29H,2-3,12-15H2,1H3;4-11,16-17H,2-3,12-15H2,1H3;2H,1H3;2*1H4;;;/q;;;;;;+1;-1. The molecule has 0 aliphatic carbocycles. The van der Waals surface area contributed by atoms with Crippen LogP contribution in [0.3, 0.4) is 0 Å². The molecule has 2 aliphatic rings. The van der Waals surface area contributed by atoms with Crippen molar-refractivity contribution in [2.24, 2.45) is 23.7 Å². The molecule has 361 valence electrons. The second-order valence-electron chi connectivity index (χ2n) is 15.9. The minimum absolute atomic E-state index is 0. The number of nitrogens with zero attached hydrogens (tertiary/aromatic N) is 2. The van der Waals surface area contributed by atoms with E-state index in [0.29, 0.717) is 52.8 Å². The molecule has 6 rings (SSSR count). The van der Waals surface area contributed by atoms with Crippen LogP contribution in [0.1, 0.15) is 89.0 Å². The number of ketones is 1. The van der Waals surface area contributed by atoms with E-state index >= 15 is 0 Å². The molecule has 17 heteroatoms. The van der Waals surface area contributed by atoms with E-state index in [1.807, 2.05) is 26.0 Å². The number of hydrogen-bond donors (Lipinski definition) is 2. The number of likely N-dealkylation sites (tertiary alicyclic amines) is 2. The van der Waals surface area contributed by atoms with Gasteiger partial charge in [0.1, 0.15) is 11.5 Å². The molecule has 5 atom stereocenters. The van der Waals surface area contributed by atoms with Crippen molar-refractivity contribution in [2.75, 3.05) is 59.6 Å². The summed E-state index contributed by atoms with van der Waals surface area (Å²) in [5, 5.41) is 18.9. The van der Waals surface area contributed by atoms with Gasteiger partial charge in [-0.25, -0.2) is 0 Å². The molecule has 66 heavy (non-hydrogen) atoms. The van der Waals surface area contributed by atoms with E-state index in [-0.39, 0.29) is 77.8 Å². The van der Waals surface area contributed by atoms with Crippen molar-refractivity contribution in [1.82, 2.24) is 9.80 Å².